The molecule has 0 unspecified atom stereocenters. The fraction of sp³-hybridized carbons (Fsp3) is 0.364. The molecule has 0 aliphatic rings. The summed E-state index contributed by atoms with van der Waals surface area (Å²) in [4.78, 5) is 12.3. The summed E-state index contributed by atoms with van der Waals surface area (Å²) in [5.41, 5.74) is 1.59. The van der Waals surface area contributed by atoms with Crippen LogP contribution >= 0.6 is 11.8 Å². The molecule has 0 radical (unpaired) electrons. The average Bonchev–Trinajstić information content (AvgIpc) is 2.27. The van der Waals surface area contributed by atoms with E-state index in [4.69, 9.17) is 5.84 Å². The quantitative estimate of drug-likeness (QED) is 0.367. The van der Waals surface area contributed by atoms with Crippen molar-refractivity contribution >= 4 is 17.7 Å². The lowest BCUT2D eigenvalue weighted by molar-refractivity contribution is -0.128. The molecule has 0 spiro atoms. The van der Waals surface area contributed by atoms with Gasteiger partial charge in [0.2, 0.25) is 5.91 Å². The molecular formula is C11H15FN2OS. The Morgan fingerprint density at radius 2 is 2.00 bits per heavy atom. The van der Waals surface area contributed by atoms with E-state index in [1.54, 1.807) is 12.1 Å². The predicted molar refractivity (Wildman–Crippen MR) is 63.2 cm³/mol. The molecular weight excluding hydrogens is 227 g/mol. The predicted octanol–water partition coefficient (Wildman–Crippen LogP) is 1.93. The molecule has 1 amide bonds. The Bertz CT molecular complexity index is 365. The van der Waals surface area contributed by atoms with Gasteiger partial charge < -0.3 is 0 Å². The van der Waals surface area contributed by atoms with Crippen molar-refractivity contribution in [2.24, 2.45) is 11.3 Å². The van der Waals surface area contributed by atoms with E-state index >= 15 is 0 Å². The summed E-state index contributed by atoms with van der Waals surface area (Å²) >= 11 is 1.50. The molecule has 0 fully saturated rings. The first-order chi connectivity index (χ1) is 7.45. The fourth-order valence-electron chi connectivity index (χ4n) is 1.06. The Labute approximate surface area is 98.6 Å². The van der Waals surface area contributed by atoms with E-state index in [0.29, 0.717) is 5.75 Å². The first-order valence-electron chi connectivity index (χ1n) is 4.85. The number of hydrogen-bond acceptors (Lipinski definition) is 3. The van der Waals surface area contributed by atoms with Crippen molar-refractivity contribution in [3.63, 3.8) is 0 Å². The minimum absolute atomic E-state index is 0.206. The average molecular weight is 242 g/mol. The second kappa shape index (κ2) is 5.32. The molecule has 0 aliphatic heterocycles. The van der Waals surface area contributed by atoms with Crippen LogP contribution in [0.1, 0.15) is 13.8 Å². The van der Waals surface area contributed by atoms with Gasteiger partial charge in [-0.05, 0) is 24.3 Å². The third-order valence-corrected chi connectivity index (χ3v) is 3.63. The Morgan fingerprint density at radius 1 is 1.44 bits per heavy atom. The smallest absolute Gasteiger partial charge is 0.240 e. The van der Waals surface area contributed by atoms with E-state index in [2.05, 4.69) is 5.43 Å². The van der Waals surface area contributed by atoms with Crippen molar-refractivity contribution in [2.45, 2.75) is 18.7 Å². The van der Waals surface area contributed by atoms with Crippen molar-refractivity contribution in [1.82, 2.24) is 5.43 Å². The van der Waals surface area contributed by atoms with Crippen LogP contribution in [0.3, 0.4) is 0 Å². The maximum atomic E-state index is 12.7. The van der Waals surface area contributed by atoms with Crippen LogP contribution in [-0.4, -0.2) is 11.7 Å². The van der Waals surface area contributed by atoms with Crippen LogP contribution in [0.4, 0.5) is 4.39 Å². The summed E-state index contributed by atoms with van der Waals surface area (Å²) in [7, 11) is 0. The molecule has 0 aliphatic carbocycles. The van der Waals surface area contributed by atoms with Gasteiger partial charge in [-0.2, -0.15) is 0 Å². The van der Waals surface area contributed by atoms with E-state index in [0.717, 1.165) is 4.90 Å². The summed E-state index contributed by atoms with van der Waals surface area (Å²) in [6, 6.07) is 6.18. The number of thioether (sulfide) groups is 1. The molecule has 16 heavy (non-hydrogen) atoms. The molecule has 0 bridgehead atoms. The van der Waals surface area contributed by atoms with Gasteiger partial charge in [-0.15, -0.1) is 11.8 Å². The molecule has 1 aromatic rings. The standard InChI is InChI=1S/C11H15FN2OS/c1-11(2,10(15)14-13)7-16-9-5-3-8(12)4-6-9/h3-6H,7,13H2,1-2H3,(H,14,15). The second-order valence-electron chi connectivity index (χ2n) is 4.10. The van der Waals surface area contributed by atoms with Crippen molar-refractivity contribution in [3.05, 3.63) is 30.1 Å². The highest BCUT2D eigenvalue weighted by molar-refractivity contribution is 7.99. The van der Waals surface area contributed by atoms with Crippen molar-refractivity contribution in [2.75, 3.05) is 5.75 Å². The molecule has 3 nitrogen and oxygen atoms in total. The number of halogens is 1. The zero-order chi connectivity index (χ0) is 12.2. The monoisotopic (exact) mass is 242 g/mol. The van der Waals surface area contributed by atoms with Crippen LogP contribution in [-0.2, 0) is 4.79 Å². The number of nitrogens with two attached hydrogens (primary N) is 1. The van der Waals surface area contributed by atoms with E-state index in [1.165, 1.54) is 23.9 Å². The molecule has 3 N–H and O–H groups in total. The summed E-state index contributed by atoms with van der Waals surface area (Å²) in [6.45, 7) is 3.62. The third-order valence-electron chi connectivity index (χ3n) is 2.16. The Balaban J connectivity index is 2.57. The number of carbonyl (C=O) groups excluding carboxylic acids is 1. The number of nitrogens with one attached hydrogen (secondary N) is 1. The first kappa shape index (κ1) is 13.0. The van der Waals surface area contributed by atoms with Crippen LogP contribution in [0.15, 0.2) is 29.2 Å². The van der Waals surface area contributed by atoms with Gasteiger partial charge in [0.05, 0.1) is 5.41 Å². The molecule has 0 atom stereocenters. The van der Waals surface area contributed by atoms with Gasteiger partial charge in [-0.3, -0.25) is 10.2 Å². The molecule has 1 rings (SSSR count). The zero-order valence-electron chi connectivity index (χ0n) is 9.29. The number of hydrogen-bond donors (Lipinski definition) is 2. The van der Waals surface area contributed by atoms with Crippen molar-refractivity contribution in [3.8, 4) is 0 Å². The minimum atomic E-state index is -0.548. The molecule has 5 heteroatoms. The highest BCUT2D eigenvalue weighted by atomic mass is 32.2. The van der Waals surface area contributed by atoms with Crippen LogP contribution in [0.25, 0.3) is 0 Å². The van der Waals surface area contributed by atoms with Gasteiger partial charge in [-0.25, -0.2) is 10.2 Å². The summed E-state index contributed by atoms with van der Waals surface area (Å²) in [5, 5.41) is 0. The molecule has 0 heterocycles. The zero-order valence-corrected chi connectivity index (χ0v) is 10.1. The van der Waals surface area contributed by atoms with Gasteiger partial charge >= 0.3 is 0 Å². The highest BCUT2D eigenvalue weighted by Gasteiger charge is 2.26. The SMILES string of the molecule is CC(C)(CSc1ccc(F)cc1)C(=O)NN. The first-order valence-corrected chi connectivity index (χ1v) is 5.84. The molecule has 0 saturated heterocycles. The lowest BCUT2D eigenvalue weighted by Gasteiger charge is -2.21. The molecule has 1 aromatic carbocycles. The topological polar surface area (TPSA) is 55.1 Å². The Morgan fingerprint density at radius 3 is 2.50 bits per heavy atom. The number of hydrazine groups is 1. The largest absolute Gasteiger partial charge is 0.294 e. The minimum Gasteiger partial charge on any atom is -0.294 e. The molecule has 0 aromatic heterocycles. The number of carbonyl (C=O) groups is 1. The van der Waals surface area contributed by atoms with Crippen LogP contribution in [0.5, 0.6) is 0 Å². The van der Waals surface area contributed by atoms with E-state index < -0.39 is 5.41 Å². The lowest BCUT2D eigenvalue weighted by Crippen LogP contribution is -2.42. The van der Waals surface area contributed by atoms with Crippen molar-refractivity contribution in [1.29, 1.82) is 0 Å². The van der Waals surface area contributed by atoms with Crippen LogP contribution < -0.4 is 11.3 Å². The van der Waals surface area contributed by atoms with Gasteiger partial charge in [-0.1, -0.05) is 13.8 Å². The summed E-state index contributed by atoms with van der Waals surface area (Å²) in [6.07, 6.45) is 0. The lowest BCUT2D eigenvalue weighted by atomic mass is 9.96. The Hall–Kier alpha value is -1.07. The van der Waals surface area contributed by atoms with Gasteiger partial charge in [0, 0.05) is 10.6 Å². The number of benzene rings is 1. The second-order valence-corrected chi connectivity index (χ2v) is 5.15. The maximum absolute atomic E-state index is 12.7. The summed E-state index contributed by atoms with van der Waals surface area (Å²) in [5.74, 6) is 5.21. The molecule has 0 saturated carbocycles. The van der Waals surface area contributed by atoms with E-state index in [9.17, 15) is 9.18 Å². The number of amides is 1. The van der Waals surface area contributed by atoms with Crippen molar-refractivity contribution < 1.29 is 9.18 Å². The third kappa shape index (κ3) is 3.50. The van der Waals surface area contributed by atoms with Gasteiger partial charge in [0.1, 0.15) is 5.82 Å². The van der Waals surface area contributed by atoms with Gasteiger partial charge in [0.25, 0.3) is 0 Å². The van der Waals surface area contributed by atoms with Crippen LogP contribution in [0.2, 0.25) is 0 Å². The van der Waals surface area contributed by atoms with Gasteiger partial charge in [0.15, 0.2) is 0 Å². The summed E-state index contributed by atoms with van der Waals surface area (Å²) < 4.78 is 12.7. The maximum Gasteiger partial charge on any atom is 0.240 e. The fourth-order valence-corrected chi connectivity index (χ4v) is 2.04. The highest BCUT2D eigenvalue weighted by Crippen LogP contribution is 2.27. The Kier molecular flexibility index (Phi) is 4.32. The van der Waals surface area contributed by atoms with Crippen LogP contribution in [0, 0.1) is 11.2 Å². The normalized spacial score (nSPS) is 11.2. The number of rotatable bonds is 4. The van der Waals surface area contributed by atoms with E-state index in [-0.39, 0.29) is 11.7 Å². The molecule has 88 valence electrons. The van der Waals surface area contributed by atoms with E-state index in [1.807, 2.05) is 13.8 Å².